The van der Waals surface area contributed by atoms with Gasteiger partial charge in [0.25, 0.3) is 5.82 Å². The number of nitriles is 1. The molecule has 0 saturated carbocycles. The standard InChI is InChI=1S/C11H9N5O2/c1-7-8(11(17)18-2)3-4-10(14-7)16-6-13-9(5-12)15-16/h3-4,6H,1-2H3. The van der Waals surface area contributed by atoms with Crippen molar-refractivity contribution >= 4 is 5.97 Å². The smallest absolute Gasteiger partial charge is 0.339 e. The molecule has 2 aromatic heterocycles. The molecular formula is C11H9N5O2. The van der Waals surface area contributed by atoms with Crippen molar-refractivity contribution in [3.05, 3.63) is 35.5 Å². The number of aryl methyl sites for hydroxylation is 1. The third-order valence-corrected chi connectivity index (χ3v) is 2.30. The average molecular weight is 243 g/mol. The fourth-order valence-electron chi connectivity index (χ4n) is 1.43. The van der Waals surface area contributed by atoms with Crippen molar-refractivity contribution < 1.29 is 9.53 Å². The van der Waals surface area contributed by atoms with E-state index in [1.54, 1.807) is 19.1 Å². The predicted molar refractivity (Wildman–Crippen MR) is 59.9 cm³/mol. The third kappa shape index (κ3) is 2.04. The minimum Gasteiger partial charge on any atom is -0.465 e. The monoisotopic (exact) mass is 243 g/mol. The molecule has 2 aromatic rings. The molecule has 0 saturated heterocycles. The van der Waals surface area contributed by atoms with E-state index >= 15 is 0 Å². The zero-order valence-corrected chi connectivity index (χ0v) is 9.78. The molecular weight excluding hydrogens is 234 g/mol. The lowest BCUT2D eigenvalue weighted by Crippen LogP contribution is -2.08. The van der Waals surface area contributed by atoms with Gasteiger partial charge in [-0.1, -0.05) is 0 Å². The lowest BCUT2D eigenvalue weighted by molar-refractivity contribution is 0.0599. The van der Waals surface area contributed by atoms with Crippen molar-refractivity contribution in [2.24, 2.45) is 0 Å². The summed E-state index contributed by atoms with van der Waals surface area (Å²) in [5, 5.41) is 12.5. The van der Waals surface area contributed by atoms with Gasteiger partial charge in [-0.25, -0.2) is 19.4 Å². The fourth-order valence-corrected chi connectivity index (χ4v) is 1.43. The van der Waals surface area contributed by atoms with E-state index in [1.165, 1.54) is 18.1 Å². The number of methoxy groups -OCH3 is 1. The zero-order chi connectivity index (χ0) is 13.1. The summed E-state index contributed by atoms with van der Waals surface area (Å²) in [5.41, 5.74) is 0.912. The summed E-state index contributed by atoms with van der Waals surface area (Å²) in [6.07, 6.45) is 1.39. The van der Waals surface area contributed by atoms with Crippen molar-refractivity contribution in [3.8, 4) is 11.9 Å². The van der Waals surface area contributed by atoms with Crippen molar-refractivity contribution in [1.82, 2.24) is 19.7 Å². The molecule has 0 aliphatic heterocycles. The van der Waals surface area contributed by atoms with Crippen molar-refractivity contribution in [2.75, 3.05) is 7.11 Å². The molecule has 0 radical (unpaired) electrons. The van der Waals surface area contributed by atoms with E-state index in [-0.39, 0.29) is 5.82 Å². The number of hydrogen-bond donors (Lipinski definition) is 0. The summed E-state index contributed by atoms with van der Waals surface area (Å²) >= 11 is 0. The van der Waals surface area contributed by atoms with Crippen LogP contribution in [-0.2, 0) is 4.74 Å². The Morgan fingerprint density at radius 2 is 2.28 bits per heavy atom. The van der Waals surface area contributed by atoms with E-state index in [1.807, 2.05) is 6.07 Å². The number of carbonyl (C=O) groups excluding carboxylic acids is 1. The van der Waals surface area contributed by atoms with Gasteiger partial charge in [0.1, 0.15) is 12.4 Å². The van der Waals surface area contributed by atoms with Gasteiger partial charge >= 0.3 is 5.97 Å². The summed E-state index contributed by atoms with van der Waals surface area (Å²) in [4.78, 5) is 19.4. The molecule has 2 heterocycles. The van der Waals surface area contributed by atoms with Crippen LogP contribution in [0.25, 0.3) is 5.82 Å². The van der Waals surface area contributed by atoms with Gasteiger partial charge in [0.2, 0.25) is 0 Å². The van der Waals surface area contributed by atoms with E-state index in [4.69, 9.17) is 5.26 Å². The summed E-state index contributed by atoms with van der Waals surface area (Å²) in [6.45, 7) is 1.69. The predicted octanol–water partition coefficient (Wildman–Crippen LogP) is 0.629. The highest BCUT2D eigenvalue weighted by atomic mass is 16.5. The van der Waals surface area contributed by atoms with Crippen molar-refractivity contribution in [3.63, 3.8) is 0 Å². The first-order chi connectivity index (χ1) is 8.65. The molecule has 0 fully saturated rings. The van der Waals surface area contributed by atoms with E-state index in [0.29, 0.717) is 17.1 Å². The van der Waals surface area contributed by atoms with Crippen LogP contribution < -0.4 is 0 Å². The lowest BCUT2D eigenvalue weighted by atomic mass is 10.2. The molecule has 0 unspecified atom stereocenters. The van der Waals surface area contributed by atoms with Gasteiger partial charge in [-0.15, -0.1) is 5.10 Å². The van der Waals surface area contributed by atoms with E-state index in [2.05, 4.69) is 19.8 Å². The van der Waals surface area contributed by atoms with Gasteiger partial charge in [0.05, 0.1) is 18.4 Å². The molecule has 0 spiro atoms. The summed E-state index contributed by atoms with van der Waals surface area (Å²) in [6, 6.07) is 5.03. The Morgan fingerprint density at radius 1 is 1.50 bits per heavy atom. The van der Waals surface area contributed by atoms with Crippen LogP contribution >= 0.6 is 0 Å². The second kappa shape index (κ2) is 4.63. The van der Waals surface area contributed by atoms with Crippen molar-refractivity contribution in [2.45, 2.75) is 6.92 Å². The van der Waals surface area contributed by atoms with E-state index in [0.717, 1.165) is 0 Å². The highest BCUT2D eigenvalue weighted by Crippen LogP contribution is 2.10. The Labute approximate surface area is 103 Å². The van der Waals surface area contributed by atoms with E-state index < -0.39 is 5.97 Å². The number of hydrogen-bond acceptors (Lipinski definition) is 6. The quantitative estimate of drug-likeness (QED) is 0.718. The number of nitrogens with zero attached hydrogens (tertiary/aromatic N) is 5. The molecule has 0 aliphatic carbocycles. The van der Waals surface area contributed by atoms with Crippen LogP contribution in [-0.4, -0.2) is 32.8 Å². The molecule has 0 atom stereocenters. The minimum atomic E-state index is -0.442. The highest BCUT2D eigenvalue weighted by Gasteiger charge is 2.12. The number of rotatable bonds is 2. The molecule has 7 nitrogen and oxygen atoms in total. The minimum absolute atomic E-state index is 0.0616. The first-order valence-corrected chi connectivity index (χ1v) is 5.04. The second-order valence-electron chi connectivity index (χ2n) is 3.42. The maximum Gasteiger partial charge on any atom is 0.339 e. The molecule has 0 N–H and O–H groups in total. The maximum atomic E-state index is 11.4. The van der Waals surface area contributed by atoms with Crippen LogP contribution in [0.5, 0.6) is 0 Å². The topological polar surface area (TPSA) is 93.7 Å². The lowest BCUT2D eigenvalue weighted by Gasteiger charge is -2.05. The van der Waals surface area contributed by atoms with Crippen LogP contribution in [0.2, 0.25) is 0 Å². The summed E-state index contributed by atoms with van der Waals surface area (Å²) < 4.78 is 6.00. The maximum absolute atomic E-state index is 11.4. The Kier molecular flexibility index (Phi) is 3.02. The molecule has 18 heavy (non-hydrogen) atoms. The number of aromatic nitrogens is 4. The summed E-state index contributed by atoms with van der Waals surface area (Å²) in [7, 11) is 1.31. The number of carbonyl (C=O) groups is 1. The number of ether oxygens (including phenoxy) is 1. The van der Waals surface area contributed by atoms with Crippen LogP contribution in [0.3, 0.4) is 0 Å². The third-order valence-electron chi connectivity index (χ3n) is 2.30. The van der Waals surface area contributed by atoms with Gasteiger partial charge in [0.15, 0.2) is 5.82 Å². The molecule has 0 aliphatic rings. The molecule has 0 bridgehead atoms. The Bertz CT molecular complexity index is 641. The van der Waals surface area contributed by atoms with Gasteiger partial charge in [-0.3, -0.25) is 0 Å². The Hall–Kier alpha value is -2.75. The average Bonchev–Trinajstić information content (AvgIpc) is 2.86. The normalized spacial score (nSPS) is 9.83. The molecule has 0 amide bonds. The highest BCUT2D eigenvalue weighted by molar-refractivity contribution is 5.90. The SMILES string of the molecule is COC(=O)c1ccc(-n2cnc(C#N)n2)nc1C. The fraction of sp³-hybridized carbons (Fsp3) is 0.182. The first-order valence-electron chi connectivity index (χ1n) is 5.04. The van der Waals surface area contributed by atoms with Gasteiger partial charge in [-0.2, -0.15) is 5.26 Å². The zero-order valence-electron chi connectivity index (χ0n) is 9.78. The largest absolute Gasteiger partial charge is 0.465 e. The summed E-state index contributed by atoms with van der Waals surface area (Å²) in [5.74, 6) is 0.100. The van der Waals surface area contributed by atoms with Crippen LogP contribution in [0.4, 0.5) is 0 Å². The van der Waals surface area contributed by atoms with Crippen LogP contribution in [0, 0.1) is 18.3 Å². The van der Waals surface area contributed by atoms with Gasteiger partial charge in [0, 0.05) is 0 Å². The molecule has 0 aromatic carbocycles. The van der Waals surface area contributed by atoms with Gasteiger partial charge < -0.3 is 4.74 Å². The van der Waals surface area contributed by atoms with Crippen molar-refractivity contribution in [1.29, 1.82) is 5.26 Å². The van der Waals surface area contributed by atoms with Gasteiger partial charge in [-0.05, 0) is 19.1 Å². The Balaban J connectivity index is 2.40. The second-order valence-corrected chi connectivity index (χ2v) is 3.42. The molecule has 7 heteroatoms. The van der Waals surface area contributed by atoms with Crippen LogP contribution in [0.15, 0.2) is 18.5 Å². The van der Waals surface area contributed by atoms with Crippen LogP contribution in [0.1, 0.15) is 21.9 Å². The molecule has 90 valence electrons. The molecule has 2 rings (SSSR count). The number of pyridine rings is 1. The van der Waals surface area contributed by atoms with E-state index in [9.17, 15) is 4.79 Å². The number of esters is 1. The Morgan fingerprint density at radius 3 is 2.83 bits per heavy atom. The first kappa shape index (κ1) is 11.7.